The quantitative estimate of drug-likeness (QED) is 0.683. The number of amides is 1. The first-order valence-corrected chi connectivity index (χ1v) is 7.49. The minimum atomic E-state index is -0.814. The van der Waals surface area contributed by atoms with E-state index in [9.17, 15) is 9.59 Å². The molecule has 1 atom stereocenters. The number of nitrogens with one attached hydrogen (secondary N) is 1. The van der Waals surface area contributed by atoms with Crippen molar-refractivity contribution < 1.29 is 19.4 Å². The van der Waals surface area contributed by atoms with Gasteiger partial charge in [-0.3, -0.25) is 9.59 Å². The number of thiazole rings is 1. The monoisotopic (exact) mass is 300 g/mol. The van der Waals surface area contributed by atoms with Crippen molar-refractivity contribution in [1.29, 1.82) is 0 Å². The predicted octanol–water partition coefficient (Wildman–Crippen LogP) is 2.23. The van der Waals surface area contributed by atoms with Gasteiger partial charge >= 0.3 is 5.97 Å². The first-order valence-electron chi connectivity index (χ1n) is 6.61. The lowest BCUT2D eigenvalue weighted by Gasteiger charge is -2.07. The highest BCUT2D eigenvalue weighted by atomic mass is 32.1. The van der Waals surface area contributed by atoms with Gasteiger partial charge in [0, 0.05) is 25.0 Å². The molecule has 6 nitrogen and oxygen atoms in total. The summed E-state index contributed by atoms with van der Waals surface area (Å²) >= 11 is 1.40. The molecule has 2 N–H and O–H groups in total. The van der Waals surface area contributed by atoms with Crippen LogP contribution in [-0.4, -0.2) is 35.1 Å². The van der Waals surface area contributed by atoms with Gasteiger partial charge in [-0.05, 0) is 26.7 Å². The van der Waals surface area contributed by atoms with E-state index in [0.717, 1.165) is 5.01 Å². The zero-order chi connectivity index (χ0) is 15.0. The lowest BCUT2D eigenvalue weighted by molar-refractivity contribution is -0.137. The third-order valence-corrected chi connectivity index (χ3v) is 3.63. The van der Waals surface area contributed by atoms with E-state index in [1.807, 2.05) is 13.8 Å². The zero-order valence-corrected chi connectivity index (χ0v) is 12.5. The highest BCUT2D eigenvalue weighted by Gasteiger charge is 2.14. The molecule has 0 fully saturated rings. The molecule has 0 saturated heterocycles. The second-order valence-electron chi connectivity index (χ2n) is 4.28. The van der Waals surface area contributed by atoms with Gasteiger partial charge in [0.15, 0.2) is 0 Å². The maximum absolute atomic E-state index is 11.8. The zero-order valence-electron chi connectivity index (χ0n) is 11.7. The van der Waals surface area contributed by atoms with E-state index in [4.69, 9.17) is 9.84 Å². The summed E-state index contributed by atoms with van der Waals surface area (Å²) in [5, 5.41) is 13.7. The number of unbranched alkanes of at least 4 members (excludes halogenated alkanes) is 1. The molecule has 0 spiro atoms. The number of carbonyl (C=O) groups is 2. The third-order valence-electron chi connectivity index (χ3n) is 2.62. The Morgan fingerprint density at radius 2 is 2.25 bits per heavy atom. The van der Waals surface area contributed by atoms with Gasteiger partial charge in [0.25, 0.3) is 5.91 Å². The second-order valence-corrected chi connectivity index (χ2v) is 5.16. The number of aromatic nitrogens is 1. The molecular weight excluding hydrogens is 280 g/mol. The van der Waals surface area contributed by atoms with Crippen LogP contribution in [0, 0.1) is 0 Å². The number of rotatable bonds is 9. The first-order chi connectivity index (χ1) is 9.54. The molecule has 0 aliphatic rings. The van der Waals surface area contributed by atoms with Gasteiger partial charge in [0.2, 0.25) is 0 Å². The number of ether oxygens (including phenoxy) is 1. The van der Waals surface area contributed by atoms with Crippen LogP contribution in [0.2, 0.25) is 0 Å². The lowest BCUT2D eigenvalue weighted by Crippen LogP contribution is -2.24. The molecule has 20 heavy (non-hydrogen) atoms. The summed E-state index contributed by atoms with van der Waals surface area (Å²) in [6.45, 7) is 4.87. The van der Waals surface area contributed by atoms with Crippen molar-refractivity contribution in [2.45, 2.75) is 39.2 Å². The van der Waals surface area contributed by atoms with Crippen LogP contribution >= 0.6 is 11.3 Å². The van der Waals surface area contributed by atoms with Crippen molar-refractivity contribution in [3.05, 3.63) is 16.1 Å². The van der Waals surface area contributed by atoms with Gasteiger partial charge in [-0.2, -0.15) is 0 Å². The fourth-order valence-electron chi connectivity index (χ4n) is 1.59. The normalized spacial score (nSPS) is 12.1. The molecule has 0 aliphatic heterocycles. The van der Waals surface area contributed by atoms with Crippen LogP contribution in [0.25, 0.3) is 0 Å². The van der Waals surface area contributed by atoms with E-state index < -0.39 is 5.97 Å². The van der Waals surface area contributed by atoms with E-state index in [-0.39, 0.29) is 18.4 Å². The summed E-state index contributed by atoms with van der Waals surface area (Å²) in [4.78, 5) is 26.4. The van der Waals surface area contributed by atoms with Crippen LogP contribution in [0.15, 0.2) is 5.38 Å². The molecule has 0 aliphatic carbocycles. The van der Waals surface area contributed by atoms with E-state index >= 15 is 0 Å². The van der Waals surface area contributed by atoms with E-state index in [0.29, 0.717) is 31.7 Å². The number of hydrogen-bond donors (Lipinski definition) is 2. The molecule has 1 rings (SSSR count). The van der Waals surface area contributed by atoms with E-state index in [1.165, 1.54) is 11.3 Å². The number of hydrogen-bond acceptors (Lipinski definition) is 5. The molecule has 1 heterocycles. The van der Waals surface area contributed by atoms with E-state index in [2.05, 4.69) is 10.3 Å². The maximum Gasteiger partial charge on any atom is 0.303 e. The average Bonchev–Trinajstić information content (AvgIpc) is 2.87. The summed E-state index contributed by atoms with van der Waals surface area (Å²) < 4.78 is 5.42. The Morgan fingerprint density at radius 1 is 1.50 bits per heavy atom. The average molecular weight is 300 g/mol. The summed E-state index contributed by atoms with van der Waals surface area (Å²) in [5.41, 5.74) is 0.384. The third kappa shape index (κ3) is 5.66. The lowest BCUT2D eigenvalue weighted by atomic mass is 10.2. The molecule has 1 amide bonds. The molecule has 1 aromatic heterocycles. The highest BCUT2D eigenvalue weighted by molar-refractivity contribution is 7.09. The standard InChI is InChI=1S/C13H20N2O4S/c1-3-19-9(2)13-15-10(8-20-13)12(18)14-7-5-4-6-11(16)17/h8-9H,3-7H2,1-2H3,(H,14,18)(H,16,17)/t9-/m0/s1. The summed E-state index contributed by atoms with van der Waals surface area (Å²) in [6, 6.07) is 0. The van der Waals surface area contributed by atoms with Crippen molar-refractivity contribution in [2.75, 3.05) is 13.2 Å². The Labute approximate surface area is 122 Å². The number of carboxylic acids is 1. The van der Waals surface area contributed by atoms with Crippen LogP contribution < -0.4 is 5.32 Å². The largest absolute Gasteiger partial charge is 0.481 e. The van der Waals surface area contributed by atoms with Gasteiger partial charge < -0.3 is 15.2 Å². The van der Waals surface area contributed by atoms with Crippen LogP contribution in [0.5, 0.6) is 0 Å². The molecule has 0 aromatic carbocycles. The number of nitrogens with zero attached hydrogens (tertiary/aromatic N) is 1. The summed E-state index contributed by atoms with van der Waals surface area (Å²) in [6.07, 6.45) is 1.22. The van der Waals surface area contributed by atoms with Crippen LogP contribution in [0.3, 0.4) is 0 Å². The Balaban J connectivity index is 2.34. The fourth-order valence-corrected chi connectivity index (χ4v) is 2.40. The number of carboxylic acid groups (broad SMARTS) is 1. The molecule has 112 valence electrons. The van der Waals surface area contributed by atoms with Gasteiger partial charge in [0.1, 0.15) is 16.8 Å². The minimum absolute atomic E-state index is 0.109. The molecule has 0 radical (unpaired) electrons. The van der Waals surface area contributed by atoms with Gasteiger partial charge in [0.05, 0.1) is 0 Å². The molecule has 0 unspecified atom stereocenters. The van der Waals surface area contributed by atoms with Gasteiger partial charge in [-0.15, -0.1) is 11.3 Å². The van der Waals surface area contributed by atoms with Crippen molar-refractivity contribution in [3.63, 3.8) is 0 Å². The topological polar surface area (TPSA) is 88.5 Å². The number of aliphatic carboxylic acids is 1. The van der Waals surface area contributed by atoms with Crippen LogP contribution in [0.4, 0.5) is 0 Å². The van der Waals surface area contributed by atoms with Crippen molar-refractivity contribution >= 4 is 23.2 Å². The van der Waals surface area contributed by atoms with Crippen LogP contribution in [-0.2, 0) is 9.53 Å². The number of carbonyl (C=O) groups excluding carboxylic acids is 1. The maximum atomic E-state index is 11.8. The molecular formula is C13H20N2O4S. The van der Waals surface area contributed by atoms with E-state index in [1.54, 1.807) is 5.38 Å². The fraction of sp³-hybridized carbons (Fsp3) is 0.615. The predicted molar refractivity (Wildman–Crippen MR) is 76.0 cm³/mol. The Morgan fingerprint density at radius 3 is 2.90 bits per heavy atom. The Bertz CT molecular complexity index is 447. The Hall–Kier alpha value is -1.47. The van der Waals surface area contributed by atoms with Gasteiger partial charge in [-0.1, -0.05) is 0 Å². The molecule has 0 bridgehead atoms. The highest BCUT2D eigenvalue weighted by Crippen LogP contribution is 2.20. The SMILES string of the molecule is CCO[C@@H](C)c1nc(C(=O)NCCCCC(=O)O)cs1. The summed E-state index contributed by atoms with van der Waals surface area (Å²) in [5.74, 6) is -1.04. The minimum Gasteiger partial charge on any atom is -0.481 e. The Kier molecular flexibility index (Phi) is 7.17. The van der Waals surface area contributed by atoms with Crippen LogP contribution in [0.1, 0.15) is 54.7 Å². The summed E-state index contributed by atoms with van der Waals surface area (Å²) in [7, 11) is 0. The second kappa shape index (κ2) is 8.65. The van der Waals surface area contributed by atoms with Crippen molar-refractivity contribution in [1.82, 2.24) is 10.3 Å². The molecule has 7 heteroatoms. The van der Waals surface area contributed by atoms with Crippen molar-refractivity contribution in [2.24, 2.45) is 0 Å². The van der Waals surface area contributed by atoms with Crippen molar-refractivity contribution in [3.8, 4) is 0 Å². The molecule has 1 aromatic rings. The first kappa shape index (κ1) is 16.6. The van der Waals surface area contributed by atoms with Gasteiger partial charge in [-0.25, -0.2) is 4.98 Å². The molecule has 0 saturated carbocycles. The smallest absolute Gasteiger partial charge is 0.303 e.